The Balaban J connectivity index is 3.58. The molecule has 1 atom stereocenters. The normalized spacial score (nSPS) is 14.8. The maximum Gasteiger partial charge on any atom is 0.411 e. The number of hydrogen-bond donors (Lipinski definition) is 0. The largest absolute Gasteiger partial charge is 0.411 e. The molecule has 6 heteroatoms. The van der Waals surface area contributed by atoms with E-state index in [1.807, 2.05) is 0 Å². The molecule has 0 N–H and O–H groups in total. The van der Waals surface area contributed by atoms with Crippen molar-refractivity contribution in [2.24, 2.45) is 0 Å². The van der Waals surface area contributed by atoms with Gasteiger partial charge in [0.1, 0.15) is 13.3 Å². The summed E-state index contributed by atoms with van der Waals surface area (Å²) < 4.78 is 61.7. The molecule has 0 aliphatic rings. The molecule has 0 saturated carbocycles. The maximum atomic E-state index is 11.8. The zero-order valence-electron chi connectivity index (χ0n) is 6.20. The summed E-state index contributed by atoms with van der Waals surface area (Å²) in [5, 5.41) is 0. The van der Waals surface area contributed by atoms with E-state index in [0.29, 0.717) is 0 Å². The fourth-order valence-electron chi connectivity index (χ4n) is 0.539. The van der Waals surface area contributed by atoms with Gasteiger partial charge >= 0.3 is 6.18 Å². The summed E-state index contributed by atoms with van der Waals surface area (Å²) in [5.41, 5.74) is 0. The summed E-state index contributed by atoms with van der Waals surface area (Å²) in [4.78, 5) is 0. The summed E-state index contributed by atoms with van der Waals surface area (Å²) in [5.74, 6) is 0. The first-order chi connectivity index (χ1) is 5.49. The van der Waals surface area contributed by atoms with E-state index in [1.165, 1.54) is 0 Å². The van der Waals surface area contributed by atoms with Crippen molar-refractivity contribution in [3.8, 4) is 0 Å². The predicted molar refractivity (Wildman–Crippen MR) is 32.4 cm³/mol. The van der Waals surface area contributed by atoms with Crippen molar-refractivity contribution < 1.29 is 26.7 Å². The Morgan fingerprint density at radius 3 is 2.08 bits per heavy atom. The van der Waals surface area contributed by atoms with Crippen LogP contribution in [-0.2, 0) is 4.74 Å². The van der Waals surface area contributed by atoms with E-state index in [2.05, 4.69) is 4.74 Å². The zero-order chi connectivity index (χ0) is 9.61. The average molecular weight is 192 g/mol. The van der Waals surface area contributed by atoms with Crippen molar-refractivity contribution in [3.05, 3.63) is 0 Å². The molecule has 0 spiro atoms. The van der Waals surface area contributed by atoms with E-state index in [4.69, 9.17) is 0 Å². The van der Waals surface area contributed by atoms with E-state index >= 15 is 0 Å². The van der Waals surface area contributed by atoms with Crippen LogP contribution in [0.1, 0.15) is 6.42 Å². The third kappa shape index (κ3) is 6.33. The smallest absolute Gasteiger partial charge is 0.366 e. The Hall–Kier alpha value is -0.390. The van der Waals surface area contributed by atoms with Gasteiger partial charge in [-0.3, -0.25) is 4.39 Å². The van der Waals surface area contributed by atoms with Crippen LogP contribution in [-0.4, -0.2) is 32.2 Å². The van der Waals surface area contributed by atoms with Gasteiger partial charge in [-0.2, -0.15) is 13.2 Å². The van der Waals surface area contributed by atoms with Crippen molar-refractivity contribution in [2.75, 3.05) is 20.0 Å². The second-order valence-corrected chi connectivity index (χ2v) is 2.18. The second kappa shape index (κ2) is 5.29. The van der Waals surface area contributed by atoms with Crippen LogP contribution in [0, 0.1) is 0 Å². The molecule has 12 heavy (non-hydrogen) atoms. The Morgan fingerprint density at radius 2 is 1.75 bits per heavy atom. The van der Waals surface area contributed by atoms with Crippen LogP contribution in [0.4, 0.5) is 22.0 Å². The first kappa shape index (κ1) is 11.6. The first-order valence-corrected chi connectivity index (χ1v) is 3.30. The molecule has 0 amide bonds. The number of ether oxygens (including phenoxy) is 1. The molecule has 0 aromatic carbocycles. The quantitative estimate of drug-likeness (QED) is 0.607. The monoisotopic (exact) mass is 192 g/mol. The lowest BCUT2D eigenvalue weighted by molar-refractivity contribution is -0.187. The van der Waals surface area contributed by atoms with E-state index in [9.17, 15) is 22.0 Å². The molecular formula is C6H9F5O. The van der Waals surface area contributed by atoms with Crippen molar-refractivity contribution in [1.29, 1.82) is 0 Å². The SMILES string of the molecule is FCCC(CF)OCC(F)(F)F. The van der Waals surface area contributed by atoms with Gasteiger partial charge in [-0.1, -0.05) is 0 Å². The Bertz CT molecular complexity index is 113. The van der Waals surface area contributed by atoms with Gasteiger partial charge in [-0.15, -0.1) is 0 Å². The number of alkyl halides is 5. The van der Waals surface area contributed by atoms with Gasteiger partial charge < -0.3 is 4.74 Å². The number of hydrogen-bond acceptors (Lipinski definition) is 1. The first-order valence-electron chi connectivity index (χ1n) is 3.30. The molecule has 0 heterocycles. The van der Waals surface area contributed by atoms with Crippen LogP contribution in [0.5, 0.6) is 0 Å². The van der Waals surface area contributed by atoms with Crippen molar-refractivity contribution in [3.63, 3.8) is 0 Å². The molecule has 0 aromatic rings. The van der Waals surface area contributed by atoms with Gasteiger partial charge in [0.2, 0.25) is 0 Å². The second-order valence-electron chi connectivity index (χ2n) is 2.18. The standard InChI is InChI=1S/C6H9F5O/c7-2-1-5(3-8)12-4-6(9,10)11/h5H,1-4H2. The molecule has 0 aliphatic carbocycles. The predicted octanol–water partition coefficient (Wildman–Crippen LogP) is 2.26. The third-order valence-electron chi connectivity index (χ3n) is 1.09. The zero-order valence-corrected chi connectivity index (χ0v) is 6.20. The molecule has 74 valence electrons. The summed E-state index contributed by atoms with van der Waals surface area (Å²) in [6, 6.07) is 0. The van der Waals surface area contributed by atoms with Crippen LogP contribution in [0.2, 0.25) is 0 Å². The highest BCUT2D eigenvalue weighted by Gasteiger charge is 2.29. The average Bonchev–Trinajstić information content (AvgIpc) is 1.96. The lowest BCUT2D eigenvalue weighted by Gasteiger charge is -2.13. The topological polar surface area (TPSA) is 9.23 Å². The molecule has 1 nitrogen and oxygen atoms in total. The van der Waals surface area contributed by atoms with Gasteiger partial charge in [0.15, 0.2) is 0 Å². The molecule has 0 aromatic heterocycles. The highest BCUT2D eigenvalue weighted by molar-refractivity contribution is 4.57. The number of halogens is 5. The van der Waals surface area contributed by atoms with Gasteiger partial charge in [0.25, 0.3) is 0 Å². The minimum absolute atomic E-state index is 0.341. The molecule has 0 fully saturated rings. The van der Waals surface area contributed by atoms with Crippen molar-refractivity contribution in [2.45, 2.75) is 18.7 Å². The lowest BCUT2D eigenvalue weighted by Crippen LogP contribution is -2.25. The molecular weight excluding hydrogens is 183 g/mol. The number of rotatable bonds is 5. The highest BCUT2D eigenvalue weighted by Crippen LogP contribution is 2.16. The van der Waals surface area contributed by atoms with E-state index in [0.717, 1.165) is 0 Å². The molecule has 0 bridgehead atoms. The van der Waals surface area contributed by atoms with Gasteiger partial charge in [-0.05, 0) is 0 Å². The molecule has 0 radical (unpaired) electrons. The van der Waals surface area contributed by atoms with Gasteiger partial charge in [-0.25, -0.2) is 4.39 Å². The van der Waals surface area contributed by atoms with Crippen LogP contribution < -0.4 is 0 Å². The van der Waals surface area contributed by atoms with Crippen LogP contribution in [0.15, 0.2) is 0 Å². The third-order valence-corrected chi connectivity index (χ3v) is 1.09. The molecule has 1 unspecified atom stereocenters. The maximum absolute atomic E-state index is 11.8. The van der Waals surface area contributed by atoms with E-state index in [-0.39, 0.29) is 6.42 Å². The minimum Gasteiger partial charge on any atom is -0.366 e. The fourth-order valence-corrected chi connectivity index (χ4v) is 0.539. The van der Waals surface area contributed by atoms with E-state index < -0.39 is 32.2 Å². The Morgan fingerprint density at radius 1 is 1.17 bits per heavy atom. The Labute approximate surface area is 66.5 Å². The van der Waals surface area contributed by atoms with E-state index in [1.54, 1.807) is 0 Å². The van der Waals surface area contributed by atoms with Crippen LogP contribution in [0.3, 0.4) is 0 Å². The van der Waals surface area contributed by atoms with Crippen LogP contribution >= 0.6 is 0 Å². The minimum atomic E-state index is -4.48. The highest BCUT2D eigenvalue weighted by atomic mass is 19.4. The summed E-state index contributed by atoms with van der Waals surface area (Å²) in [6.07, 6.45) is -6.10. The summed E-state index contributed by atoms with van der Waals surface area (Å²) in [7, 11) is 0. The molecule has 0 rings (SSSR count). The van der Waals surface area contributed by atoms with Gasteiger partial charge in [0.05, 0.1) is 12.8 Å². The summed E-state index contributed by atoms with van der Waals surface area (Å²) >= 11 is 0. The van der Waals surface area contributed by atoms with Crippen LogP contribution in [0.25, 0.3) is 0 Å². The molecule has 0 aliphatic heterocycles. The van der Waals surface area contributed by atoms with Crippen molar-refractivity contribution in [1.82, 2.24) is 0 Å². The molecule has 0 saturated heterocycles. The lowest BCUT2D eigenvalue weighted by atomic mass is 10.3. The van der Waals surface area contributed by atoms with Crippen molar-refractivity contribution >= 4 is 0 Å². The van der Waals surface area contributed by atoms with Gasteiger partial charge in [0, 0.05) is 6.42 Å². The Kier molecular flexibility index (Phi) is 5.12. The fraction of sp³-hybridized carbons (Fsp3) is 1.00. The summed E-state index contributed by atoms with van der Waals surface area (Å²) in [6.45, 7) is -3.51.